The number of carbonyl (C=O) groups is 2. The summed E-state index contributed by atoms with van der Waals surface area (Å²) >= 11 is 0. The van der Waals surface area contributed by atoms with E-state index >= 15 is 0 Å². The molecule has 0 saturated carbocycles. The van der Waals surface area contributed by atoms with Crippen molar-refractivity contribution in [2.24, 2.45) is 5.92 Å². The minimum Gasteiger partial charge on any atom is -0.490 e. The molecule has 2 heterocycles. The van der Waals surface area contributed by atoms with Crippen LogP contribution in [-0.2, 0) is 20.9 Å². The molecule has 3 rings (SSSR count). The Hall–Kier alpha value is -2.50. The highest BCUT2D eigenvalue weighted by atomic mass is 16.6. The molecular formula is C24H34N2O4. The van der Waals surface area contributed by atoms with Crippen LogP contribution in [0.2, 0.25) is 0 Å². The van der Waals surface area contributed by atoms with Crippen molar-refractivity contribution in [3.05, 3.63) is 47.7 Å². The Morgan fingerprint density at radius 1 is 1.20 bits per heavy atom. The van der Waals surface area contributed by atoms with E-state index in [9.17, 15) is 9.59 Å². The lowest BCUT2D eigenvalue weighted by molar-refractivity contribution is -0.129. The average Bonchev–Trinajstić information content (AvgIpc) is 3.24. The molecule has 6 nitrogen and oxygen atoms in total. The molecule has 6 heteroatoms. The summed E-state index contributed by atoms with van der Waals surface area (Å²) in [4.78, 5) is 29.0. The molecule has 0 aliphatic carbocycles. The second-order valence-corrected chi connectivity index (χ2v) is 9.58. The Morgan fingerprint density at radius 2 is 1.90 bits per heavy atom. The third-order valence-corrected chi connectivity index (χ3v) is 5.32. The quantitative estimate of drug-likeness (QED) is 0.694. The predicted octanol–water partition coefficient (Wildman–Crippen LogP) is 4.35. The molecule has 0 spiro atoms. The van der Waals surface area contributed by atoms with Gasteiger partial charge in [0.25, 0.3) is 5.91 Å². The predicted molar refractivity (Wildman–Crippen MR) is 116 cm³/mol. The van der Waals surface area contributed by atoms with Crippen LogP contribution in [0.3, 0.4) is 0 Å². The van der Waals surface area contributed by atoms with Crippen LogP contribution in [0.1, 0.15) is 53.0 Å². The molecular weight excluding hydrogens is 380 g/mol. The first-order valence-electron chi connectivity index (χ1n) is 10.8. The summed E-state index contributed by atoms with van der Waals surface area (Å²) < 4.78 is 11.6. The number of rotatable bonds is 6. The van der Waals surface area contributed by atoms with Crippen LogP contribution in [0, 0.1) is 5.92 Å². The third-order valence-electron chi connectivity index (χ3n) is 5.32. The van der Waals surface area contributed by atoms with Crippen molar-refractivity contribution in [2.45, 2.75) is 71.8 Å². The van der Waals surface area contributed by atoms with Crippen LogP contribution in [0.4, 0.5) is 4.79 Å². The van der Waals surface area contributed by atoms with Gasteiger partial charge in [0.15, 0.2) is 0 Å². The number of benzene rings is 1. The zero-order chi connectivity index (χ0) is 21.9. The van der Waals surface area contributed by atoms with Crippen molar-refractivity contribution in [1.29, 1.82) is 0 Å². The molecule has 0 N–H and O–H groups in total. The van der Waals surface area contributed by atoms with Gasteiger partial charge in [-0.2, -0.15) is 0 Å². The lowest BCUT2D eigenvalue weighted by Gasteiger charge is -2.35. The van der Waals surface area contributed by atoms with Crippen LogP contribution >= 0.6 is 0 Å². The number of carbonyl (C=O) groups excluding carboxylic acids is 2. The number of amides is 2. The number of ether oxygens (including phenoxy) is 2. The van der Waals surface area contributed by atoms with Crippen LogP contribution in [0.25, 0.3) is 0 Å². The lowest BCUT2D eigenvalue weighted by Crippen LogP contribution is -2.46. The minimum absolute atomic E-state index is 0.0237. The van der Waals surface area contributed by atoms with Crippen molar-refractivity contribution in [3.63, 3.8) is 0 Å². The second kappa shape index (κ2) is 9.11. The van der Waals surface area contributed by atoms with Crippen LogP contribution in [0.5, 0.6) is 0 Å². The smallest absolute Gasteiger partial charge is 0.410 e. The Labute approximate surface area is 179 Å². The zero-order valence-electron chi connectivity index (χ0n) is 18.8. The van der Waals surface area contributed by atoms with Crippen molar-refractivity contribution >= 4 is 12.0 Å². The summed E-state index contributed by atoms with van der Waals surface area (Å²) in [5.74, 6) is 1.14. The van der Waals surface area contributed by atoms with Gasteiger partial charge in [-0.15, -0.1) is 0 Å². The van der Waals surface area contributed by atoms with E-state index in [2.05, 4.69) is 13.8 Å². The fourth-order valence-corrected chi connectivity index (χ4v) is 4.09. The van der Waals surface area contributed by atoms with Crippen LogP contribution < -0.4 is 0 Å². The van der Waals surface area contributed by atoms with E-state index in [1.165, 1.54) is 0 Å². The first kappa shape index (κ1) is 22.2. The molecule has 2 aliphatic heterocycles. The van der Waals surface area contributed by atoms with Crippen molar-refractivity contribution in [1.82, 2.24) is 9.80 Å². The molecule has 1 unspecified atom stereocenters. The number of likely N-dealkylation sites (tertiary alicyclic amines) is 1. The first-order chi connectivity index (χ1) is 14.1. The molecule has 2 aliphatic rings. The van der Waals surface area contributed by atoms with Crippen molar-refractivity contribution in [2.75, 3.05) is 13.1 Å². The standard InChI is InChI=1S/C24H34N2O4/c1-17(2)13-20-21(30-24(3,4)5)14-22(27)26(20)19-11-12-25(15-19)23(28)29-16-18-9-7-6-8-10-18/h6-10,14,17,19-20H,11-13,15-16H2,1-5H3/t19?,20-/m0/s1. The van der Waals surface area contributed by atoms with Gasteiger partial charge in [-0.05, 0) is 45.1 Å². The second-order valence-electron chi connectivity index (χ2n) is 9.58. The third kappa shape index (κ3) is 5.55. The Kier molecular flexibility index (Phi) is 6.74. The summed E-state index contributed by atoms with van der Waals surface area (Å²) in [5, 5.41) is 0. The van der Waals surface area contributed by atoms with Crippen LogP contribution in [-0.4, -0.2) is 52.6 Å². The van der Waals surface area contributed by atoms with E-state index in [-0.39, 0.29) is 36.3 Å². The molecule has 2 atom stereocenters. The van der Waals surface area contributed by atoms with E-state index in [1.54, 1.807) is 11.0 Å². The van der Waals surface area contributed by atoms with Gasteiger partial charge in [0.05, 0.1) is 12.1 Å². The number of hydrogen-bond acceptors (Lipinski definition) is 4. The van der Waals surface area contributed by atoms with Gasteiger partial charge in [-0.3, -0.25) is 4.79 Å². The molecule has 1 aromatic carbocycles. The van der Waals surface area contributed by atoms with E-state index in [1.807, 2.05) is 56.0 Å². The maximum Gasteiger partial charge on any atom is 0.410 e. The molecule has 0 bridgehead atoms. The van der Waals surface area contributed by atoms with E-state index < -0.39 is 0 Å². The van der Waals surface area contributed by atoms with E-state index in [4.69, 9.17) is 9.47 Å². The van der Waals surface area contributed by atoms with Gasteiger partial charge < -0.3 is 19.3 Å². The lowest BCUT2D eigenvalue weighted by atomic mass is 10.0. The first-order valence-corrected chi connectivity index (χ1v) is 10.8. The number of hydrogen-bond donors (Lipinski definition) is 0. The zero-order valence-corrected chi connectivity index (χ0v) is 18.8. The van der Waals surface area contributed by atoms with Gasteiger partial charge in [0.2, 0.25) is 0 Å². The average molecular weight is 415 g/mol. The fourth-order valence-electron chi connectivity index (χ4n) is 4.09. The summed E-state index contributed by atoms with van der Waals surface area (Å²) in [5.41, 5.74) is 0.599. The van der Waals surface area contributed by atoms with Crippen LogP contribution in [0.15, 0.2) is 42.2 Å². The maximum atomic E-state index is 12.9. The molecule has 0 radical (unpaired) electrons. The fraction of sp³-hybridized carbons (Fsp3) is 0.583. The van der Waals surface area contributed by atoms with E-state index in [0.717, 1.165) is 24.2 Å². The molecule has 1 aromatic rings. The molecule has 1 fully saturated rings. The maximum absolute atomic E-state index is 12.9. The van der Waals surface area contributed by atoms with Gasteiger partial charge in [0.1, 0.15) is 18.0 Å². The van der Waals surface area contributed by atoms with Gasteiger partial charge >= 0.3 is 6.09 Å². The summed E-state index contributed by atoms with van der Waals surface area (Å²) in [6.45, 7) is 11.6. The summed E-state index contributed by atoms with van der Waals surface area (Å²) in [6.07, 6.45) is 2.89. The molecule has 30 heavy (non-hydrogen) atoms. The summed E-state index contributed by atoms with van der Waals surface area (Å²) in [6, 6.07) is 9.54. The SMILES string of the molecule is CC(C)C[C@H]1C(OC(C)(C)C)=CC(=O)N1C1CCN(C(=O)OCc2ccccc2)C1. The van der Waals surface area contributed by atoms with Gasteiger partial charge in [-0.25, -0.2) is 4.79 Å². The molecule has 0 aromatic heterocycles. The summed E-state index contributed by atoms with van der Waals surface area (Å²) in [7, 11) is 0. The highest BCUT2D eigenvalue weighted by Gasteiger charge is 2.43. The largest absolute Gasteiger partial charge is 0.490 e. The monoisotopic (exact) mass is 414 g/mol. The molecule has 1 saturated heterocycles. The Bertz CT molecular complexity index is 782. The normalized spacial score (nSPS) is 21.9. The van der Waals surface area contributed by atoms with E-state index in [0.29, 0.717) is 19.0 Å². The van der Waals surface area contributed by atoms with Crippen molar-refractivity contribution < 1.29 is 19.1 Å². The molecule has 164 valence electrons. The Morgan fingerprint density at radius 3 is 2.53 bits per heavy atom. The van der Waals surface area contributed by atoms with Crippen molar-refractivity contribution in [3.8, 4) is 0 Å². The highest BCUT2D eigenvalue weighted by molar-refractivity contribution is 5.92. The number of nitrogens with zero attached hydrogens (tertiary/aromatic N) is 2. The molecule has 2 amide bonds. The minimum atomic E-state index is -0.361. The Balaban J connectivity index is 1.63. The highest BCUT2D eigenvalue weighted by Crippen LogP contribution is 2.33. The van der Waals surface area contributed by atoms with Gasteiger partial charge in [-0.1, -0.05) is 44.2 Å². The topological polar surface area (TPSA) is 59.1 Å². The van der Waals surface area contributed by atoms with Gasteiger partial charge in [0, 0.05) is 19.2 Å².